The Bertz CT molecular complexity index is 1830. The van der Waals surface area contributed by atoms with E-state index in [1.165, 1.54) is 0 Å². The normalized spacial score (nSPS) is 8.64. The number of terminal acetylenes is 8. The summed E-state index contributed by atoms with van der Waals surface area (Å²) in [5.41, 5.74) is 33.9. The number of hydrogen-bond donors (Lipinski definition) is 14. The van der Waals surface area contributed by atoms with Crippen LogP contribution >= 0.6 is 0 Å². The summed E-state index contributed by atoms with van der Waals surface area (Å²) in [6, 6.07) is 0. The third-order valence-corrected chi connectivity index (χ3v) is 7.76. The van der Waals surface area contributed by atoms with Gasteiger partial charge in [0, 0.05) is 155 Å². The van der Waals surface area contributed by atoms with E-state index in [0.29, 0.717) is 141 Å². The highest BCUT2D eigenvalue weighted by atomic mass is 16.7. The first-order chi connectivity index (χ1) is 46.7. The number of hydroxylamine groups is 2. The first-order valence-corrected chi connectivity index (χ1v) is 33.0. The van der Waals surface area contributed by atoms with Crippen molar-refractivity contribution in [2.45, 2.75) is 213 Å². The minimum absolute atomic E-state index is 0.00750. The Morgan fingerprint density at radius 3 is 0.531 bits per heavy atom. The Hall–Kier alpha value is -8.90. The van der Waals surface area contributed by atoms with Crippen molar-refractivity contribution in [3.63, 3.8) is 0 Å². The molecule has 0 aromatic rings. The minimum atomic E-state index is -0.661. The first-order valence-electron chi connectivity index (χ1n) is 33.0. The molecule has 0 aromatic heterocycles. The second-order valence-corrected chi connectivity index (χ2v) is 17.2. The van der Waals surface area contributed by atoms with Gasteiger partial charge in [0.1, 0.15) is 0 Å². The number of rotatable bonds is 24. The smallest absolute Gasteiger partial charge is 0.334 e. The van der Waals surface area contributed by atoms with Crippen molar-refractivity contribution in [1.82, 2.24) is 42.3 Å². The Balaban J connectivity index is -0.0000000660. The van der Waals surface area contributed by atoms with Crippen LogP contribution in [-0.4, -0.2) is 156 Å². The maximum Gasteiger partial charge on any atom is 0.334 e. The monoisotopic (exact) mass is 1390 g/mol. The van der Waals surface area contributed by atoms with Crippen LogP contribution in [0.2, 0.25) is 0 Å². The lowest BCUT2D eigenvalue weighted by Gasteiger charge is -2.11. The summed E-state index contributed by atoms with van der Waals surface area (Å²) in [6.45, 7) is 36.5. The predicted molar refractivity (Wildman–Crippen MR) is 406 cm³/mol. The van der Waals surface area contributed by atoms with Gasteiger partial charge in [-0.3, -0.25) is 43.2 Å². The van der Waals surface area contributed by atoms with Crippen LogP contribution in [0, 0.1) is 98.8 Å². The van der Waals surface area contributed by atoms with Gasteiger partial charge in [-0.2, -0.15) is 0 Å². The molecule has 0 bridgehead atoms. The number of carbonyl (C=O) groups excluding carboxylic acids is 10. The summed E-state index contributed by atoms with van der Waals surface area (Å²) in [7, 11) is 0. The van der Waals surface area contributed by atoms with Gasteiger partial charge < -0.3 is 82.2 Å². The molecule has 0 aliphatic carbocycles. The molecule has 98 heavy (non-hydrogen) atoms. The fourth-order valence-electron chi connectivity index (χ4n) is 4.28. The number of carbonyl (C=O) groups is 10. The van der Waals surface area contributed by atoms with Gasteiger partial charge in [-0.25, -0.2) is 4.79 Å². The second-order valence-electron chi connectivity index (χ2n) is 17.2. The maximum absolute atomic E-state index is 11.0. The second kappa shape index (κ2) is 129. The van der Waals surface area contributed by atoms with Crippen molar-refractivity contribution < 1.29 is 52.8 Å². The van der Waals surface area contributed by atoms with Crippen molar-refractivity contribution in [3.8, 4) is 98.8 Å². The summed E-state index contributed by atoms with van der Waals surface area (Å²) < 4.78 is 0. The summed E-state index contributed by atoms with van der Waals surface area (Å²) >= 11 is 0. The van der Waals surface area contributed by atoms with E-state index in [2.05, 4.69) is 89.4 Å². The molecular formula is C72H135N15O11. The molecule has 0 radical (unpaired) electrons. The van der Waals surface area contributed by atoms with Gasteiger partial charge in [0.05, 0.1) is 6.42 Å². The number of nitrogens with one attached hydrogen (secondary N) is 7. The molecule has 1 saturated heterocycles. The molecule has 1 aliphatic heterocycles. The van der Waals surface area contributed by atoms with Crippen LogP contribution < -0.4 is 77.4 Å². The van der Waals surface area contributed by atoms with E-state index in [1.54, 1.807) is 0 Å². The number of nitrogens with zero attached hydrogens (tertiary/aromatic N) is 1. The first kappa shape index (κ1) is 123. The standard InChI is InChI=1S/C9H9NO4.7C7H11NO.7C2H7N/c1-2-3-4-9(13)14-10-7(11)5-6-8(10)12;7*1-3-5-6-7(9)8-4-2;7*1-2-3/h1H,3-6H2;7*1H,4-6H2,2H3,(H,8,9);7*2-3H2,1H3. The SMILES string of the molecule is C#CCCC(=O)NCC.C#CCCC(=O)NCC.C#CCCC(=O)NCC.C#CCCC(=O)NCC.C#CCCC(=O)NCC.C#CCCC(=O)NCC.C#CCCC(=O)NCC.C#CCCC(=O)ON1C(=O)CCC1=O.CCN.CCN.CCN.CCN.CCN.CCN.CCN. The lowest BCUT2D eigenvalue weighted by Crippen LogP contribution is -2.31. The number of amides is 9. The summed E-state index contributed by atoms with van der Waals surface area (Å²) in [5.74, 6) is 17.7. The van der Waals surface area contributed by atoms with Gasteiger partial charge in [0.15, 0.2) is 0 Å². The van der Waals surface area contributed by atoms with Crippen LogP contribution in [0.15, 0.2) is 0 Å². The van der Waals surface area contributed by atoms with Crippen LogP contribution in [0.4, 0.5) is 0 Å². The Morgan fingerprint density at radius 1 is 0.296 bits per heavy atom. The molecule has 0 spiro atoms. The van der Waals surface area contributed by atoms with Crippen molar-refractivity contribution in [2.24, 2.45) is 40.1 Å². The molecule has 21 N–H and O–H groups in total. The Morgan fingerprint density at radius 2 is 0.418 bits per heavy atom. The molecule has 564 valence electrons. The van der Waals surface area contributed by atoms with Crippen molar-refractivity contribution in [1.29, 1.82) is 0 Å². The summed E-state index contributed by atoms with van der Waals surface area (Å²) in [4.78, 5) is 112. The third-order valence-electron chi connectivity index (χ3n) is 7.76. The van der Waals surface area contributed by atoms with Crippen LogP contribution in [0.3, 0.4) is 0 Å². The zero-order valence-electron chi connectivity index (χ0n) is 62.7. The van der Waals surface area contributed by atoms with Gasteiger partial charge in [-0.15, -0.1) is 104 Å². The predicted octanol–water partition coefficient (Wildman–Crippen LogP) is 3.51. The van der Waals surface area contributed by atoms with Crippen molar-refractivity contribution >= 4 is 59.1 Å². The zero-order valence-corrected chi connectivity index (χ0v) is 62.7. The highest BCUT2D eigenvalue weighted by Crippen LogP contribution is 2.12. The van der Waals surface area contributed by atoms with E-state index in [-0.39, 0.29) is 67.0 Å². The molecule has 26 nitrogen and oxygen atoms in total. The van der Waals surface area contributed by atoms with Crippen molar-refractivity contribution in [3.05, 3.63) is 0 Å². The Labute approximate surface area is 594 Å². The fraction of sp³-hybridized carbons (Fsp3) is 0.639. The van der Waals surface area contributed by atoms with E-state index < -0.39 is 17.8 Å². The van der Waals surface area contributed by atoms with Crippen LogP contribution in [-0.2, 0) is 52.8 Å². The molecule has 1 aliphatic rings. The minimum Gasteiger partial charge on any atom is -0.356 e. The van der Waals surface area contributed by atoms with Crippen LogP contribution in [0.5, 0.6) is 0 Å². The van der Waals surface area contributed by atoms with E-state index in [0.717, 1.165) is 45.8 Å². The van der Waals surface area contributed by atoms with Gasteiger partial charge in [0.2, 0.25) is 41.4 Å². The molecule has 26 heteroatoms. The molecule has 1 rings (SSSR count). The van der Waals surface area contributed by atoms with E-state index in [9.17, 15) is 47.9 Å². The van der Waals surface area contributed by atoms with E-state index in [4.69, 9.17) is 91.5 Å². The van der Waals surface area contributed by atoms with E-state index >= 15 is 0 Å². The largest absolute Gasteiger partial charge is 0.356 e. The lowest BCUT2D eigenvalue weighted by molar-refractivity contribution is -0.197. The Kier molecular flexibility index (Phi) is 161. The molecule has 0 atom stereocenters. The summed E-state index contributed by atoms with van der Waals surface area (Å²) in [5, 5.41) is 19.0. The molecule has 0 saturated carbocycles. The van der Waals surface area contributed by atoms with Gasteiger partial charge >= 0.3 is 5.97 Å². The number of hydrogen-bond acceptors (Lipinski definition) is 18. The third kappa shape index (κ3) is 173. The molecule has 1 fully saturated rings. The number of imide groups is 1. The fourth-order valence-corrected chi connectivity index (χ4v) is 4.28. The topological polar surface area (TPSA) is 450 Å². The lowest BCUT2D eigenvalue weighted by atomic mass is 10.3. The van der Waals surface area contributed by atoms with E-state index in [1.807, 2.05) is 96.9 Å². The average molecular weight is 1390 g/mol. The molecule has 9 amide bonds. The van der Waals surface area contributed by atoms with Gasteiger partial charge in [-0.05, 0) is 94.3 Å². The quantitative estimate of drug-likeness (QED) is 0.0485. The van der Waals surface area contributed by atoms with Gasteiger partial charge in [0.25, 0.3) is 11.8 Å². The maximum atomic E-state index is 11.0. The summed E-state index contributed by atoms with van der Waals surface area (Å²) in [6.07, 6.45) is 46.8. The highest BCUT2D eigenvalue weighted by Gasteiger charge is 2.32. The average Bonchev–Trinajstić information content (AvgIpc) is 1.74. The van der Waals surface area contributed by atoms with Gasteiger partial charge in [-0.1, -0.05) is 48.5 Å². The highest BCUT2D eigenvalue weighted by molar-refractivity contribution is 6.01. The molecule has 1 heterocycles. The zero-order chi connectivity index (χ0) is 79.3. The molecule has 0 unspecified atom stereocenters. The number of nitrogens with two attached hydrogens (primary N) is 7. The van der Waals surface area contributed by atoms with Crippen molar-refractivity contribution in [2.75, 3.05) is 91.6 Å². The van der Waals surface area contributed by atoms with Crippen LogP contribution in [0.1, 0.15) is 213 Å². The molecule has 0 aromatic carbocycles. The van der Waals surface area contributed by atoms with Crippen LogP contribution in [0.25, 0.3) is 0 Å². The molecular weight excluding hydrogens is 1250 g/mol.